The highest BCUT2D eigenvalue weighted by atomic mass is 16.7. The summed E-state index contributed by atoms with van der Waals surface area (Å²) in [6.45, 7) is 0.182. The topological polar surface area (TPSA) is 83.7 Å². The first-order chi connectivity index (χ1) is 13.7. The van der Waals surface area contributed by atoms with Crippen molar-refractivity contribution in [2.45, 2.75) is 0 Å². The summed E-state index contributed by atoms with van der Waals surface area (Å²) in [5, 5.41) is 4.66. The van der Waals surface area contributed by atoms with Crippen molar-refractivity contribution in [2.24, 2.45) is 0 Å². The normalized spacial score (nSPS) is 12.3. The van der Waals surface area contributed by atoms with E-state index in [-0.39, 0.29) is 12.5 Å². The molecule has 0 spiro atoms. The monoisotopic (exact) mass is 374 g/mol. The van der Waals surface area contributed by atoms with Gasteiger partial charge in [-0.1, -0.05) is 35.5 Å². The number of carbonyl (C=O) groups is 1. The smallest absolute Gasteiger partial charge is 0.338 e. The van der Waals surface area contributed by atoms with Crippen LogP contribution in [-0.4, -0.2) is 30.0 Å². The Kier molecular flexibility index (Phi) is 3.72. The van der Waals surface area contributed by atoms with E-state index in [0.717, 1.165) is 11.1 Å². The van der Waals surface area contributed by atoms with Crippen LogP contribution in [0.5, 0.6) is 11.5 Å². The number of benzene rings is 2. The molecule has 0 unspecified atom stereocenters. The number of hydrogen-bond acceptors (Lipinski definition) is 7. The zero-order chi connectivity index (χ0) is 19.1. The number of nitrogens with zero attached hydrogens (tertiary/aromatic N) is 2. The summed E-state index contributed by atoms with van der Waals surface area (Å²) in [6.07, 6.45) is 0. The summed E-state index contributed by atoms with van der Waals surface area (Å²) in [4.78, 5) is 17.1. The summed E-state index contributed by atoms with van der Waals surface area (Å²) < 4.78 is 21.2. The highest BCUT2D eigenvalue weighted by molar-refractivity contribution is 6.08. The number of esters is 1. The standard InChI is InChI=1S/C21H14N2O5/c1-25-21(24)14-10-15(13-7-8-16-17(9-13)27-11-26-16)22-20-18(14)19(23-28-20)12-5-3-2-4-6-12/h2-10H,11H2,1H3. The lowest BCUT2D eigenvalue weighted by molar-refractivity contribution is 0.0603. The second-order valence-corrected chi connectivity index (χ2v) is 6.19. The third kappa shape index (κ3) is 2.56. The minimum atomic E-state index is -0.491. The maximum Gasteiger partial charge on any atom is 0.338 e. The summed E-state index contributed by atoms with van der Waals surface area (Å²) >= 11 is 0. The Morgan fingerprint density at radius 3 is 2.64 bits per heavy atom. The largest absolute Gasteiger partial charge is 0.465 e. The van der Waals surface area contributed by atoms with Gasteiger partial charge in [0.25, 0.3) is 5.71 Å². The van der Waals surface area contributed by atoms with Crippen LogP contribution < -0.4 is 9.47 Å². The van der Waals surface area contributed by atoms with E-state index >= 15 is 0 Å². The molecule has 4 aromatic rings. The fourth-order valence-electron chi connectivity index (χ4n) is 3.22. The van der Waals surface area contributed by atoms with Crippen LogP contribution in [0.25, 0.3) is 33.6 Å². The molecule has 0 N–H and O–H groups in total. The number of methoxy groups -OCH3 is 1. The van der Waals surface area contributed by atoms with Gasteiger partial charge in [-0.3, -0.25) is 0 Å². The van der Waals surface area contributed by atoms with Gasteiger partial charge in [-0.2, -0.15) is 0 Å². The van der Waals surface area contributed by atoms with Crippen LogP contribution in [0.1, 0.15) is 10.4 Å². The number of aromatic nitrogens is 2. The van der Waals surface area contributed by atoms with Crippen molar-refractivity contribution in [3.05, 3.63) is 60.2 Å². The summed E-state index contributed by atoms with van der Waals surface area (Å²) in [6, 6.07) is 16.6. The Morgan fingerprint density at radius 2 is 1.82 bits per heavy atom. The fourth-order valence-corrected chi connectivity index (χ4v) is 3.22. The van der Waals surface area contributed by atoms with Crippen LogP contribution in [0.3, 0.4) is 0 Å². The van der Waals surface area contributed by atoms with Crippen LogP contribution in [0.15, 0.2) is 59.1 Å². The molecule has 0 saturated heterocycles. The maximum absolute atomic E-state index is 12.5. The van der Waals surface area contributed by atoms with Crippen LogP contribution in [-0.2, 0) is 4.74 Å². The van der Waals surface area contributed by atoms with Gasteiger partial charge in [-0.25, -0.2) is 9.78 Å². The molecule has 0 atom stereocenters. The van der Waals surface area contributed by atoms with Crippen LogP contribution in [0, 0.1) is 0 Å². The van der Waals surface area contributed by atoms with Gasteiger partial charge in [0.2, 0.25) is 6.79 Å². The second-order valence-electron chi connectivity index (χ2n) is 6.19. The van der Waals surface area contributed by atoms with Crippen molar-refractivity contribution in [3.63, 3.8) is 0 Å². The van der Waals surface area contributed by atoms with Gasteiger partial charge in [-0.15, -0.1) is 0 Å². The predicted octanol–water partition coefficient (Wildman–Crippen LogP) is 4.07. The molecule has 2 aromatic carbocycles. The van der Waals surface area contributed by atoms with E-state index in [4.69, 9.17) is 18.7 Å². The van der Waals surface area contributed by atoms with Crippen molar-refractivity contribution in [1.82, 2.24) is 10.1 Å². The van der Waals surface area contributed by atoms with Gasteiger partial charge in [0, 0.05) is 11.1 Å². The third-order valence-electron chi connectivity index (χ3n) is 4.57. The van der Waals surface area contributed by atoms with Crippen molar-refractivity contribution in [1.29, 1.82) is 0 Å². The summed E-state index contributed by atoms with van der Waals surface area (Å²) in [7, 11) is 1.34. The van der Waals surface area contributed by atoms with Crippen LogP contribution >= 0.6 is 0 Å². The minimum Gasteiger partial charge on any atom is -0.465 e. The zero-order valence-corrected chi connectivity index (χ0v) is 14.8. The van der Waals surface area contributed by atoms with Gasteiger partial charge in [-0.05, 0) is 24.3 Å². The Hall–Kier alpha value is -3.87. The molecular formula is C21H14N2O5. The molecule has 7 heteroatoms. The van der Waals surface area contributed by atoms with E-state index < -0.39 is 5.97 Å². The molecule has 2 aromatic heterocycles. The van der Waals surface area contributed by atoms with Crippen molar-refractivity contribution < 1.29 is 23.5 Å². The molecule has 5 rings (SSSR count). The second kappa shape index (κ2) is 6.38. The molecule has 0 amide bonds. The van der Waals surface area contributed by atoms with Crippen molar-refractivity contribution in [3.8, 4) is 34.0 Å². The molecule has 1 aliphatic rings. The highest BCUT2D eigenvalue weighted by Crippen LogP contribution is 2.37. The number of fused-ring (bicyclic) bond motifs is 2. The number of pyridine rings is 1. The molecular weight excluding hydrogens is 360 g/mol. The molecule has 0 radical (unpaired) electrons. The molecule has 0 saturated carbocycles. The summed E-state index contributed by atoms with van der Waals surface area (Å²) in [5.74, 6) is 0.806. The Labute approximate surface area is 159 Å². The Bertz CT molecular complexity index is 1200. The van der Waals surface area contributed by atoms with Crippen LogP contribution in [0.4, 0.5) is 0 Å². The van der Waals surface area contributed by atoms with E-state index in [2.05, 4.69) is 10.1 Å². The van der Waals surface area contributed by atoms with E-state index in [1.165, 1.54) is 7.11 Å². The predicted molar refractivity (Wildman–Crippen MR) is 100 cm³/mol. The molecule has 0 bridgehead atoms. The number of rotatable bonds is 3. The molecule has 0 aliphatic carbocycles. The Morgan fingerprint density at radius 1 is 1.00 bits per heavy atom. The average molecular weight is 374 g/mol. The van der Waals surface area contributed by atoms with E-state index in [1.807, 2.05) is 42.5 Å². The zero-order valence-electron chi connectivity index (χ0n) is 14.8. The average Bonchev–Trinajstić information content (AvgIpc) is 3.39. The first-order valence-electron chi connectivity index (χ1n) is 8.59. The van der Waals surface area contributed by atoms with Gasteiger partial charge < -0.3 is 18.7 Å². The number of carbonyl (C=O) groups excluding carboxylic acids is 1. The van der Waals surface area contributed by atoms with Crippen molar-refractivity contribution >= 4 is 17.1 Å². The minimum absolute atomic E-state index is 0.182. The van der Waals surface area contributed by atoms with Crippen LogP contribution in [0.2, 0.25) is 0 Å². The first kappa shape index (κ1) is 16.3. The Balaban J connectivity index is 1.72. The van der Waals surface area contributed by atoms with Gasteiger partial charge >= 0.3 is 5.97 Å². The van der Waals surface area contributed by atoms with Gasteiger partial charge in [0.15, 0.2) is 11.5 Å². The first-order valence-corrected chi connectivity index (χ1v) is 8.59. The van der Waals surface area contributed by atoms with E-state index in [9.17, 15) is 4.79 Å². The SMILES string of the molecule is COC(=O)c1cc(-c2ccc3c(c2)OCO3)nc2onc(-c3ccccc3)c12. The van der Waals surface area contributed by atoms with Gasteiger partial charge in [0.1, 0.15) is 5.69 Å². The molecule has 0 fully saturated rings. The van der Waals surface area contributed by atoms with Crippen molar-refractivity contribution in [2.75, 3.05) is 13.9 Å². The number of ether oxygens (including phenoxy) is 3. The lowest BCUT2D eigenvalue weighted by Crippen LogP contribution is -2.03. The summed E-state index contributed by atoms with van der Waals surface area (Å²) in [5.41, 5.74) is 3.26. The lowest BCUT2D eigenvalue weighted by Gasteiger charge is -2.07. The fraction of sp³-hybridized carbons (Fsp3) is 0.0952. The third-order valence-corrected chi connectivity index (χ3v) is 4.57. The quantitative estimate of drug-likeness (QED) is 0.500. The molecule has 1 aliphatic heterocycles. The molecule has 7 nitrogen and oxygen atoms in total. The highest BCUT2D eigenvalue weighted by Gasteiger charge is 2.23. The molecule has 28 heavy (non-hydrogen) atoms. The van der Waals surface area contributed by atoms with E-state index in [0.29, 0.717) is 33.8 Å². The van der Waals surface area contributed by atoms with E-state index in [1.54, 1.807) is 12.1 Å². The maximum atomic E-state index is 12.5. The lowest BCUT2D eigenvalue weighted by atomic mass is 10.0. The molecule has 3 heterocycles. The number of hydrogen-bond donors (Lipinski definition) is 0. The molecule has 138 valence electrons. The van der Waals surface area contributed by atoms with Gasteiger partial charge in [0.05, 0.1) is 23.8 Å².